The van der Waals surface area contributed by atoms with E-state index in [1.54, 1.807) is 0 Å². The van der Waals surface area contributed by atoms with Gasteiger partial charge in [-0.25, -0.2) is 4.79 Å². The van der Waals surface area contributed by atoms with Crippen LogP contribution in [0.25, 0.3) is 0 Å². The number of carbonyl (C=O) groups excluding carboxylic acids is 2. The summed E-state index contributed by atoms with van der Waals surface area (Å²) in [5, 5.41) is 0. The quantitative estimate of drug-likeness (QED) is 0.713. The summed E-state index contributed by atoms with van der Waals surface area (Å²) in [6.07, 6.45) is 1.82. The van der Waals surface area contributed by atoms with E-state index in [0.29, 0.717) is 17.7 Å². The monoisotopic (exact) mass is 381 g/mol. The predicted octanol–water partition coefficient (Wildman–Crippen LogP) is 5.49. The minimum Gasteiger partial charge on any atom is -0.458 e. The molecule has 0 radical (unpaired) electrons. The van der Waals surface area contributed by atoms with Gasteiger partial charge >= 0.3 is 5.97 Å². The smallest absolute Gasteiger partial charge is 0.355 e. The molecule has 0 unspecified atom stereocenters. The zero-order valence-corrected chi connectivity index (χ0v) is 17.8. The Morgan fingerprint density at radius 2 is 1.86 bits per heavy atom. The van der Waals surface area contributed by atoms with E-state index in [2.05, 4.69) is 50.0 Å². The Kier molecular flexibility index (Phi) is 5.51. The van der Waals surface area contributed by atoms with E-state index in [0.717, 1.165) is 24.1 Å². The number of nitrogens with one attached hydrogen (secondary N) is 1. The first-order valence-corrected chi connectivity index (χ1v) is 10.2. The molecule has 0 fully saturated rings. The van der Waals surface area contributed by atoms with E-state index < -0.39 is 0 Å². The Bertz CT molecular complexity index is 884. The van der Waals surface area contributed by atoms with Crippen LogP contribution in [0.1, 0.15) is 96.6 Å². The fourth-order valence-corrected chi connectivity index (χ4v) is 3.85. The molecular formula is C24H31NO3. The summed E-state index contributed by atoms with van der Waals surface area (Å²) in [6.45, 7) is 12.3. The maximum atomic E-state index is 12.9. The largest absolute Gasteiger partial charge is 0.458 e. The second kappa shape index (κ2) is 7.57. The highest BCUT2D eigenvalue weighted by atomic mass is 16.5. The number of fused-ring (bicyclic) bond motifs is 1. The van der Waals surface area contributed by atoms with Gasteiger partial charge in [0, 0.05) is 17.7 Å². The zero-order valence-electron chi connectivity index (χ0n) is 17.8. The number of hydrogen-bond acceptors (Lipinski definition) is 3. The molecule has 1 aliphatic carbocycles. The zero-order chi connectivity index (χ0) is 20.6. The third-order valence-electron chi connectivity index (χ3n) is 5.82. The number of ketones is 1. The Morgan fingerprint density at radius 3 is 2.43 bits per heavy atom. The van der Waals surface area contributed by atoms with Crippen LogP contribution in [-0.4, -0.2) is 22.8 Å². The van der Waals surface area contributed by atoms with Crippen molar-refractivity contribution in [1.29, 1.82) is 0 Å². The molecule has 1 aliphatic rings. The highest BCUT2D eigenvalue weighted by Crippen LogP contribution is 2.36. The van der Waals surface area contributed by atoms with Gasteiger partial charge in [-0.15, -0.1) is 0 Å². The van der Waals surface area contributed by atoms with E-state index in [-0.39, 0.29) is 29.2 Å². The predicted molar refractivity (Wildman–Crippen MR) is 111 cm³/mol. The molecule has 4 heteroatoms. The van der Waals surface area contributed by atoms with Gasteiger partial charge in [0.05, 0.1) is 6.10 Å². The number of ether oxygens (including phenoxy) is 1. The summed E-state index contributed by atoms with van der Waals surface area (Å²) in [5.41, 5.74) is 5.23. The molecule has 1 aromatic heterocycles. The van der Waals surface area contributed by atoms with Gasteiger partial charge in [0.15, 0.2) is 5.78 Å². The van der Waals surface area contributed by atoms with Gasteiger partial charge in [-0.05, 0) is 54.7 Å². The lowest BCUT2D eigenvalue weighted by Crippen LogP contribution is -2.19. The highest BCUT2D eigenvalue weighted by Gasteiger charge is 2.32. The van der Waals surface area contributed by atoms with E-state index in [4.69, 9.17) is 4.74 Å². The highest BCUT2D eigenvalue weighted by molar-refractivity contribution is 6.03. The SMILES string of the molecule is CC[C@@H](C)OC(=O)c1[nH]c2c(c1C)C(=O)C[C@H](c1ccc(C(C)(C)C)cc1)C2. The second-order valence-corrected chi connectivity index (χ2v) is 9.00. The molecule has 1 aromatic carbocycles. The lowest BCUT2D eigenvalue weighted by molar-refractivity contribution is 0.0327. The van der Waals surface area contributed by atoms with E-state index >= 15 is 0 Å². The maximum Gasteiger partial charge on any atom is 0.355 e. The maximum absolute atomic E-state index is 12.9. The molecule has 0 bridgehead atoms. The number of esters is 1. The molecular weight excluding hydrogens is 350 g/mol. The number of Topliss-reactive ketones (excluding diaryl/α,β-unsaturated/α-hetero) is 1. The molecule has 3 rings (SSSR count). The molecule has 0 amide bonds. The Labute approximate surface area is 167 Å². The van der Waals surface area contributed by atoms with Crippen molar-refractivity contribution in [1.82, 2.24) is 4.98 Å². The fourth-order valence-electron chi connectivity index (χ4n) is 3.85. The first-order valence-electron chi connectivity index (χ1n) is 10.2. The Morgan fingerprint density at radius 1 is 1.21 bits per heavy atom. The van der Waals surface area contributed by atoms with Crippen LogP contribution < -0.4 is 0 Å². The lowest BCUT2D eigenvalue weighted by atomic mass is 9.80. The summed E-state index contributed by atoms with van der Waals surface area (Å²) in [7, 11) is 0. The number of aromatic amines is 1. The van der Waals surface area contributed by atoms with Crippen molar-refractivity contribution in [3.8, 4) is 0 Å². The fraction of sp³-hybridized carbons (Fsp3) is 0.500. The third kappa shape index (κ3) is 3.91. The Balaban J connectivity index is 1.86. The summed E-state index contributed by atoms with van der Waals surface area (Å²) in [5.74, 6) is -0.145. The number of aromatic nitrogens is 1. The normalized spacial score (nSPS) is 17.9. The molecule has 0 aliphatic heterocycles. The number of H-pyrrole nitrogens is 1. The molecule has 4 nitrogen and oxygen atoms in total. The molecule has 0 saturated heterocycles. The molecule has 1 N–H and O–H groups in total. The summed E-state index contributed by atoms with van der Waals surface area (Å²) in [4.78, 5) is 28.5. The molecule has 0 spiro atoms. The van der Waals surface area contributed by atoms with Crippen LogP contribution in [0.15, 0.2) is 24.3 Å². The van der Waals surface area contributed by atoms with Gasteiger partial charge in [0.2, 0.25) is 0 Å². The Hall–Kier alpha value is -2.36. The van der Waals surface area contributed by atoms with Gasteiger partial charge in [0.1, 0.15) is 5.69 Å². The average molecular weight is 382 g/mol. The topological polar surface area (TPSA) is 59.2 Å². The van der Waals surface area contributed by atoms with Gasteiger partial charge < -0.3 is 9.72 Å². The van der Waals surface area contributed by atoms with Crippen molar-refractivity contribution >= 4 is 11.8 Å². The van der Waals surface area contributed by atoms with Crippen LogP contribution in [0, 0.1) is 6.92 Å². The van der Waals surface area contributed by atoms with E-state index in [1.807, 2.05) is 20.8 Å². The van der Waals surface area contributed by atoms with Crippen molar-refractivity contribution in [2.45, 2.75) is 78.2 Å². The van der Waals surface area contributed by atoms with Gasteiger partial charge in [0.25, 0.3) is 0 Å². The van der Waals surface area contributed by atoms with Crippen molar-refractivity contribution in [3.63, 3.8) is 0 Å². The number of carbonyl (C=O) groups is 2. The second-order valence-electron chi connectivity index (χ2n) is 9.00. The number of rotatable bonds is 4. The number of benzene rings is 1. The van der Waals surface area contributed by atoms with Crippen molar-refractivity contribution in [2.24, 2.45) is 0 Å². The first kappa shape index (κ1) is 20.4. The van der Waals surface area contributed by atoms with Gasteiger partial charge in [-0.3, -0.25) is 4.79 Å². The molecule has 2 aromatic rings. The van der Waals surface area contributed by atoms with Crippen LogP contribution in [0.4, 0.5) is 0 Å². The van der Waals surface area contributed by atoms with Crippen LogP contribution in [-0.2, 0) is 16.6 Å². The first-order chi connectivity index (χ1) is 13.1. The van der Waals surface area contributed by atoms with Gasteiger partial charge in [-0.1, -0.05) is 52.0 Å². The molecule has 150 valence electrons. The molecule has 28 heavy (non-hydrogen) atoms. The van der Waals surface area contributed by atoms with Crippen molar-refractivity contribution in [2.75, 3.05) is 0 Å². The van der Waals surface area contributed by atoms with Crippen LogP contribution in [0.3, 0.4) is 0 Å². The minimum atomic E-state index is -0.375. The summed E-state index contributed by atoms with van der Waals surface area (Å²) >= 11 is 0. The molecule has 0 saturated carbocycles. The van der Waals surface area contributed by atoms with Crippen LogP contribution >= 0.6 is 0 Å². The standard InChI is InChI=1S/C24H31NO3/c1-7-14(2)28-23(27)22-15(3)21-19(25-22)12-17(13-20(21)26)16-8-10-18(11-9-16)24(4,5)6/h8-11,14,17,25H,7,12-13H2,1-6H3/t14-,17-/m1/s1. The summed E-state index contributed by atoms with van der Waals surface area (Å²) in [6, 6.07) is 8.59. The number of hydrogen-bond donors (Lipinski definition) is 1. The van der Waals surface area contributed by atoms with E-state index in [1.165, 1.54) is 11.1 Å². The van der Waals surface area contributed by atoms with Crippen LogP contribution in [0.2, 0.25) is 0 Å². The molecule has 1 heterocycles. The van der Waals surface area contributed by atoms with Crippen molar-refractivity contribution in [3.05, 3.63) is 57.9 Å². The van der Waals surface area contributed by atoms with E-state index in [9.17, 15) is 9.59 Å². The molecule has 2 atom stereocenters. The lowest BCUT2D eigenvalue weighted by Gasteiger charge is -2.24. The van der Waals surface area contributed by atoms with Crippen molar-refractivity contribution < 1.29 is 14.3 Å². The minimum absolute atomic E-state index is 0.0995. The average Bonchev–Trinajstić information content (AvgIpc) is 2.98. The van der Waals surface area contributed by atoms with Crippen LogP contribution in [0.5, 0.6) is 0 Å². The third-order valence-corrected chi connectivity index (χ3v) is 5.82. The summed E-state index contributed by atoms with van der Waals surface area (Å²) < 4.78 is 5.45. The van der Waals surface area contributed by atoms with Gasteiger partial charge in [-0.2, -0.15) is 0 Å².